The molecule has 0 aliphatic rings. The zero-order valence-electron chi connectivity index (χ0n) is 82.3. The van der Waals surface area contributed by atoms with Gasteiger partial charge in [-0.2, -0.15) is 0 Å². The number of carbonyl (C=O) groups excluding carboxylic acids is 13. The predicted octanol–water partition coefficient (Wildman–Crippen LogP) is -1.98. The molecule has 0 saturated heterocycles. The van der Waals surface area contributed by atoms with E-state index in [0.29, 0.717) is 34.9 Å². The van der Waals surface area contributed by atoms with Crippen molar-refractivity contribution in [2.75, 3.05) is 52.4 Å². The molecule has 0 bridgehead atoms. The molecule has 40 N–H and O–H groups in total. The average Bonchev–Trinajstić information content (AvgIpc) is 1.69. The van der Waals surface area contributed by atoms with Gasteiger partial charge < -0.3 is 156 Å². The summed E-state index contributed by atoms with van der Waals surface area (Å²) >= 11 is 0. The van der Waals surface area contributed by atoms with Crippen LogP contribution in [0.4, 0.5) is 0 Å². The SMILES string of the molecule is CC(=O)O.CCCCCCCCCCCCCC(=O)NC(CCCNC(=N)N)C(=O)NC(CC(C)C)C(=O)NC(Cc1ccc(O)cc1)C(=O)NC(CCCNC(=N)N)C(=O)NC(CCCCN)C(=O)NC(CCCNC(=N)N)C(=O)NC(C(=O)NC(Cc1c[nH]c2ccccc12)C(=O)NC(CCCNC(=N)N)C(=O)NC(CO)C(=O)NC(C)C(=O)NCC(=O)NC(CCCNC(=N)N)C(=O)O)C(C)CC. The van der Waals surface area contributed by atoms with Gasteiger partial charge in [-0.25, -0.2) is 4.79 Å². The van der Waals surface area contributed by atoms with Crippen LogP contribution < -0.4 is 130 Å². The molecule has 13 amide bonds. The smallest absolute Gasteiger partial charge is 0.326 e. The molecule has 0 fully saturated rings. The summed E-state index contributed by atoms with van der Waals surface area (Å²) in [5.41, 5.74) is 35.2. The van der Waals surface area contributed by atoms with Crippen molar-refractivity contribution in [3.63, 3.8) is 0 Å². The highest BCUT2D eigenvalue weighted by Gasteiger charge is 2.39. The van der Waals surface area contributed by atoms with E-state index in [1.165, 1.54) is 63.3 Å². The van der Waals surface area contributed by atoms with Gasteiger partial charge in [-0.1, -0.05) is 136 Å². The van der Waals surface area contributed by atoms with Gasteiger partial charge in [-0.3, -0.25) is 94.2 Å². The highest BCUT2D eigenvalue weighted by Crippen LogP contribution is 2.22. The summed E-state index contributed by atoms with van der Waals surface area (Å²) < 4.78 is 0. The van der Waals surface area contributed by atoms with Crippen LogP contribution in [-0.4, -0.2) is 269 Å². The second-order valence-corrected chi connectivity index (χ2v) is 35.1. The van der Waals surface area contributed by atoms with Crippen molar-refractivity contribution >= 4 is 129 Å². The van der Waals surface area contributed by atoms with Crippen LogP contribution in [0.2, 0.25) is 0 Å². The Kier molecular flexibility index (Phi) is 61.0. The number of amides is 13. The number of aromatic amines is 1. The molecule has 49 nitrogen and oxygen atoms in total. The normalized spacial score (nSPS) is 13.7. The maximum Gasteiger partial charge on any atom is 0.326 e. The number of nitrogens with two attached hydrogens (primary N) is 6. The summed E-state index contributed by atoms with van der Waals surface area (Å²) in [6.07, 6.45) is 13.5. The molecule has 1 heterocycles. The fraction of sp³-hybridized carbons (Fsp3) is 0.630. The number of carbonyl (C=O) groups is 15. The number of aromatic nitrogens is 1. The lowest BCUT2D eigenvalue weighted by molar-refractivity contribution is -0.142. The Bertz CT molecular complexity index is 4480. The Balaban J connectivity index is 0.0000165. The van der Waals surface area contributed by atoms with Gasteiger partial charge in [0, 0.05) is 76.0 Å². The molecule has 1 aromatic heterocycles. The molecule has 0 saturated carbocycles. The lowest BCUT2D eigenvalue weighted by Gasteiger charge is -2.30. The van der Waals surface area contributed by atoms with Gasteiger partial charge in [-0.05, 0) is 151 Å². The van der Waals surface area contributed by atoms with Crippen molar-refractivity contribution in [1.82, 2.24) is 101 Å². The molecule has 3 aromatic rings. The van der Waals surface area contributed by atoms with Crippen molar-refractivity contribution in [1.29, 1.82) is 27.0 Å². The van der Waals surface area contributed by atoms with E-state index >= 15 is 28.8 Å². The number of guanidine groups is 5. The van der Waals surface area contributed by atoms with Crippen LogP contribution in [0, 0.1) is 38.9 Å². The number of aromatic hydroxyl groups is 1. The molecule has 0 aliphatic heterocycles. The highest BCUT2D eigenvalue weighted by atomic mass is 16.4. The summed E-state index contributed by atoms with van der Waals surface area (Å²) in [6.45, 7) is 10.1. The topological polar surface area (TPSA) is 845 Å². The van der Waals surface area contributed by atoms with E-state index in [0.717, 1.165) is 39.0 Å². The first-order valence-corrected chi connectivity index (χ1v) is 48.3. The average molecular weight is 1990 g/mol. The number of hydrogen-bond acceptors (Lipinski definition) is 23. The molecule has 790 valence electrons. The maximum atomic E-state index is 15.3. The third-order valence-electron chi connectivity index (χ3n) is 22.6. The highest BCUT2D eigenvalue weighted by molar-refractivity contribution is 6.01. The number of carboxylic acids is 2. The van der Waals surface area contributed by atoms with Crippen LogP contribution in [0.1, 0.15) is 233 Å². The number of phenolic OH excluding ortho intramolecular Hbond substituents is 1. The van der Waals surface area contributed by atoms with Crippen molar-refractivity contribution in [3.05, 3.63) is 65.9 Å². The van der Waals surface area contributed by atoms with E-state index in [9.17, 15) is 53.7 Å². The largest absolute Gasteiger partial charge is 0.508 e. The minimum atomic E-state index is -1.80. The van der Waals surface area contributed by atoms with E-state index in [2.05, 4.69) is 108 Å². The first-order valence-electron chi connectivity index (χ1n) is 48.3. The number of aliphatic hydroxyl groups is 1. The van der Waals surface area contributed by atoms with Gasteiger partial charge in [-0.15, -0.1) is 0 Å². The van der Waals surface area contributed by atoms with Crippen molar-refractivity contribution in [3.8, 4) is 5.75 Å². The van der Waals surface area contributed by atoms with Crippen LogP contribution in [0.25, 0.3) is 10.9 Å². The van der Waals surface area contributed by atoms with Gasteiger partial charge >= 0.3 is 5.97 Å². The molecule has 141 heavy (non-hydrogen) atoms. The second kappa shape index (κ2) is 69.8. The third-order valence-corrected chi connectivity index (χ3v) is 22.6. The van der Waals surface area contributed by atoms with Gasteiger partial charge in [0.05, 0.1) is 13.2 Å². The number of carboxylic acid groups (broad SMARTS) is 2. The number of aliphatic hydroxyl groups excluding tert-OH is 1. The Morgan fingerprint density at radius 1 is 0.383 bits per heavy atom. The minimum Gasteiger partial charge on any atom is -0.508 e. The zero-order chi connectivity index (χ0) is 105. The van der Waals surface area contributed by atoms with Crippen molar-refractivity contribution in [2.45, 2.75) is 307 Å². The van der Waals surface area contributed by atoms with Crippen molar-refractivity contribution in [2.24, 2.45) is 46.2 Å². The molecule has 3 rings (SSSR count). The summed E-state index contributed by atoms with van der Waals surface area (Å²) in [7, 11) is 0. The first-order chi connectivity index (χ1) is 66.9. The maximum absolute atomic E-state index is 15.3. The van der Waals surface area contributed by atoms with Crippen LogP contribution in [-0.2, 0) is 84.8 Å². The van der Waals surface area contributed by atoms with Crippen LogP contribution in [0.3, 0.4) is 0 Å². The van der Waals surface area contributed by atoms with Gasteiger partial charge in [0.2, 0.25) is 76.8 Å². The van der Waals surface area contributed by atoms with E-state index < -0.39 is 192 Å². The van der Waals surface area contributed by atoms with Crippen LogP contribution in [0.15, 0.2) is 54.7 Å². The van der Waals surface area contributed by atoms with E-state index in [1.54, 1.807) is 44.3 Å². The Morgan fingerprint density at radius 2 is 0.745 bits per heavy atom. The Hall–Kier alpha value is -13.9. The zero-order valence-corrected chi connectivity index (χ0v) is 82.3. The lowest BCUT2D eigenvalue weighted by atomic mass is 9.96. The standard InChI is InChI=1S/C90H154N30O17.C2H4O2/c1-7-9-10-11-12-13-14-15-16-17-18-36-71(123)110-61(31-23-42-102-86(92)93)75(126)116-67(47-53(3)4)80(131)117-68(48-56-37-39-58(122)40-38-56)81(132)114-63(32-24-43-103-87(94)95)77(128)112-62(30-21-22-41-91)76(127)113-65(34-26-45-105-89(98)99)79(130)120-73(54(5)8-2)84(135)118-69(49-57-50-107-60-29-20-19-28-59(57)60)82(133)115-64(33-25-44-104-88(96)97)78(129)119-70(52-121)83(134)109-55(6)74(125)108-51-72(124)111-66(85(136)137)35-27-46-106-90(100)101;1-2(3)4/h19-20,28-29,37-40,50,53-55,61-70,73,107,121-122H,7-18,21-27,30-36,41-49,51-52,91H2,1-6H3,(H,108,125)(H,109,134)(H,110,123)(H,111,124)(H,112,128)(H,113,127)(H,114,132)(H,115,133)(H,116,126)(H,117,131)(H,118,135)(H,119,129)(H,120,130)(H,136,137)(H4,92,93,102)(H4,94,95,103)(H4,96,97,104)(H4,98,99,105)(H4,100,101,106);1H3,(H,3,4). The van der Waals surface area contributed by atoms with Crippen LogP contribution in [0.5, 0.6) is 5.75 Å². The number of nitrogens with one attached hydrogen (secondary N) is 24. The molecule has 0 spiro atoms. The minimum absolute atomic E-state index is 0.00285. The summed E-state index contributed by atoms with van der Waals surface area (Å²) in [5.74, 6) is -16.8. The Morgan fingerprint density at radius 3 is 1.17 bits per heavy atom. The van der Waals surface area contributed by atoms with Gasteiger partial charge in [0.1, 0.15) is 78.3 Å². The number of unbranched alkanes of at least 4 members (excludes halogenated alkanes) is 11. The van der Waals surface area contributed by atoms with Gasteiger partial charge in [0.25, 0.3) is 5.97 Å². The first kappa shape index (κ1) is 123. The number of fused-ring (bicyclic) bond motifs is 1. The van der Waals surface area contributed by atoms with E-state index in [4.69, 9.17) is 71.3 Å². The fourth-order valence-electron chi connectivity index (χ4n) is 14.7. The lowest BCUT2D eigenvalue weighted by Crippen LogP contribution is -2.62. The van der Waals surface area contributed by atoms with Crippen molar-refractivity contribution < 1.29 is 92.3 Å². The summed E-state index contributed by atoms with van der Waals surface area (Å²) in [4.78, 5) is 212. The molecule has 0 radical (unpaired) electrons. The van der Waals surface area contributed by atoms with Gasteiger partial charge in [0.15, 0.2) is 29.8 Å². The number of para-hydroxylation sites is 1. The number of hydrogen-bond donors (Lipinski definition) is 34. The molecule has 13 atom stereocenters. The molecule has 49 heteroatoms. The number of phenols is 1. The number of benzene rings is 2. The number of H-pyrrole nitrogens is 1. The number of rotatable bonds is 71. The molecule has 13 unspecified atom stereocenters. The molecular formula is C92H158N30O19. The summed E-state index contributed by atoms with van der Waals surface area (Å²) in [5, 5.41) is 124. The molecule has 2 aromatic carbocycles. The van der Waals surface area contributed by atoms with E-state index in [1.807, 2.05) is 13.8 Å². The molecule has 0 aliphatic carbocycles. The fourth-order valence-corrected chi connectivity index (χ4v) is 14.7. The Labute approximate surface area is 823 Å². The predicted molar refractivity (Wildman–Crippen MR) is 532 cm³/mol. The summed E-state index contributed by atoms with van der Waals surface area (Å²) in [6, 6.07) is -5.20. The van der Waals surface area contributed by atoms with Crippen LogP contribution >= 0.6 is 0 Å². The third kappa shape index (κ3) is 53.7. The number of aliphatic carboxylic acids is 2. The molecular weight excluding hydrogens is 1830 g/mol. The quantitative estimate of drug-likeness (QED) is 0.0165. The monoisotopic (exact) mass is 1990 g/mol. The second-order valence-electron chi connectivity index (χ2n) is 35.1. The van der Waals surface area contributed by atoms with E-state index in [-0.39, 0.29) is 178 Å².